The molecule has 1 unspecified atom stereocenters. The van der Waals surface area contributed by atoms with Crippen LogP contribution in [-0.2, 0) is 11.3 Å². The summed E-state index contributed by atoms with van der Waals surface area (Å²) in [6, 6.07) is 13.2. The summed E-state index contributed by atoms with van der Waals surface area (Å²) in [5.74, 6) is 0.528. The molecule has 0 aromatic heterocycles. The third kappa shape index (κ3) is 3.33. The van der Waals surface area contributed by atoms with Crippen molar-refractivity contribution in [2.24, 2.45) is 0 Å². The third-order valence-corrected chi connectivity index (χ3v) is 4.07. The Balaban J connectivity index is 1.97. The Kier molecular flexibility index (Phi) is 4.55. The second-order valence-corrected chi connectivity index (χ2v) is 6.08. The molecule has 1 amide bonds. The van der Waals surface area contributed by atoms with Crippen LogP contribution in [0.15, 0.2) is 42.5 Å². The molecule has 1 aliphatic rings. The number of rotatable bonds is 4. The first-order valence-electron chi connectivity index (χ1n) is 7.52. The first-order valence-corrected chi connectivity index (χ1v) is 7.90. The lowest BCUT2D eigenvalue weighted by molar-refractivity contribution is -0.127. The summed E-state index contributed by atoms with van der Waals surface area (Å²) in [5.41, 5.74) is 2.75. The van der Waals surface area contributed by atoms with Crippen LogP contribution in [0.4, 0.5) is 5.69 Å². The number of carbonyl (C=O) groups is 1. The number of aliphatic hydroxyl groups excluding tert-OH is 1. The number of benzene rings is 2. The largest absolute Gasteiger partial charge is 0.478 e. The van der Waals surface area contributed by atoms with Crippen molar-refractivity contribution < 1.29 is 14.6 Å². The first-order chi connectivity index (χ1) is 11.1. The standard InChI is InChI=1S/C18H18ClNO3/c1-12-5-6-15-17(9-12)23-16(7-8-21)18(22)20(15)11-13-3-2-4-14(19)10-13/h2-6,9-10,16,21H,7-8,11H2,1H3. The molecule has 0 radical (unpaired) electrons. The molecule has 2 aromatic carbocycles. The van der Waals surface area contributed by atoms with Crippen LogP contribution in [0.25, 0.3) is 0 Å². The number of aryl methyl sites for hydroxylation is 1. The number of fused-ring (bicyclic) bond motifs is 1. The third-order valence-electron chi connectivity index (χ3n) is 3.84. The molecule has 120 valence electrons. The number of amides is 1. The van der Waals surface area contributed by atoms with Crippen LogP contribution in [0, 0.1) is 6.92 Å². The van der Waals surface area contributed by atoms with Crippen molar-refractivity contribution in [3.05, 3.63) is 58.6 Å². The van der Waals surface area contributed by atoms with E-state index in [9.17, 15) is 9.90 Å². The zero-order valence-electron chi connectivity index (χ0n) is 12.8. The van der Waals surface area contributed by atoms with Gasteiger partial charge in [0.15, 0.2) is 6.10 Å². The maximum atomic E-state index is 12.7. The van der Waals surface area contributed by atoms with Crippen LogP contribution in [0.3, 0.4) is 0 Å². The van der Waals surface area contributed by atoms with Crippen molar-refractivity contribution in [3.8, 4) is 5.75 Å². The first kappa shape index (κ1) is 15.8. The molecule has 4 nitrogen and oxygen atoms in total. The molecule has 0 saturated carbocycles. The van der Waals surface area contributed by atoms with E-state index in [1.54, 1.807) is 11.0 Å². The van der Waals surface area contributed by atoms with Crippen LogP contribution >= 0.6 is 11.6 Å². The predicted octanol–water partition coefficient (Wildman–Crippen LogP) is 3.33. The van der Waals surface area contributed by atoms with E-state index in [1.165, 1.54) is 0 Å². The summed E-state index contributed by atoms with van der Waals surface area (Å²) in [4.78, 5) is 14.4. The molecule has 2 aromatic rings. The minimum atomic E-state index is -0.659. The lowest BCUT2D eigenvalue weighted by Crippen LogP contribution is -2.45. The summed E-state index contributed by atoms with van der Waals surface area (Å²) in [7, 11) is 0. The van der Waals surface area contributed by atoms with Crippen molar-refractivity contribution >= 4 is 23.2 Å². The van der Waals surface area contributed by atoms with Gasteiger partial charge in [0.2, 0.25) is 0 Å². The second kappa shape index (κ2) is 6.60. The number of hydrogen-bond donors (Lipinski definition) is 1. The highest BCUT2D eigenvalue weighted by atomic mass is 35.5. The molecule has 0 aliphatic carbocycles. The molecule has 23 heavy (non-hydrogen) atoms. The minimum absolute atomic E-state index is 0.0947. The van der Waals surface area contributed by atoms with E-state index in [0.29, 0.717) is 17.3 Å². The normalized spacial score (nSPS) is 16.9. The highest BCUT2D eigenvalue weighted by Gasteiger charge is 2.34. The lowest BCUT2D eigenvalue weighted by Gasteiger charge is -2.34. The van der Waals surface area contributed by atoms with Crippen LogP contribution < -0.4 is 9.64 Å². The fraction of sp³-hybridized carbons (Fsp3) is 0.278. The number of anilines is 1. The SMILES string of the molecule is Cc1ccc2c(c1)OC(CCO)C(=O)N2Cc1cccc(Cl)c1. The molecule has 1 atom stereocenters. The van der Waals surface area contributed by atoms with Crippen molar-refractivity contribution in [2.75, 3.05) is 11.5 Å². The maximum Gasteiger partial charge on any atom is 0.268 e. The van der Waals surface area contributed by atoms with E-state index in [1.807, 2.05) is 43.3 Å². The predicted molar refractivity (Wildman–Crippen MR) is 89.9 cm³/mol. The van der Waals surface area contributed by atoms with E-state index in [0.717, 1.165) is 16.8 Å². The molecule has 0 spiro atoms. The Hall–Kier alpha value is -2.04. The van der Waals surface area contributed by atoms with Crippen LogP contribution in [0.1, 0.15) is 17.5 Å². The average molecular weight is 332 g/mol. The van der Waals surface area contributed by atoms with Gasteiger partial charge in [0.25, 0.3) is 5.91 Å². The molecular weight excluding hydrogens is 314 g/mol. The van der Waals surface area contributed by atoms with Gasteiger partial charge in [0.1, 0.15) is 5.75 Å². The Morgan fingerprint density at radius 1 is 1.26 bits per heavy atom. The van der Waals surface area contributed by atoms with Crippen molar-refractivity contribution in [1.82, 2.24) is 0 Å². The molecular formula is C18H18ClNO3. The van der Waals surface area contributed by atoms with Crippen LogP contribution in [0.2, 0.25) is 5.02 Å². The van der Waals surface area contributed by atoms with E-state index in [4.69, 9.17) is 16.3 Å². The quantitative estimate of drug-likeness (QED) is 0.935. The summed E-state index contributed by atoms with van der Waals surface area (Å²) >= 11 is 6.04. The fourth-order valence-corrected chi connectivity index (χ4v) is 2.93. The van der Waals surface area contributed by atoms with Gasteiger partial charge in [0.05, 0.1) is 12.2 Å². The Morgan fingerprint density at radius 2 is 2.09 bits per heavy atom. The highest BCUT2D eigenvalue weighted by Crippen LogP contribution is 2.36. The van der Waals surface area contributed by atoms with E-state index in [-0.39, 0.29) is 18.9 Å². The Labute approximate surface area is 140 Å². The number of nitrogens with zero attached hydrogens (tertiary/aromatic N) is 1. The number of halogens is 1. The summed E-state index contributed by atoms with van der Waals surface area (Å²) in [6.45, 7) is 2.30. The molecule has 0 fully saturated rings. The van der Waals surface area contributed by atoms with Gasteiger partial charge >= 0.3 is 0 Å². The number of aliphatic hydroxyl groups is 1. The van der Waals surface area contributed by atoms with Gasteiger partial charge in [-0.2, -0.15) is 0 Å². The van der Waals surface area contributed by atoms with Crippen molar-refractivity contribution in [2.45, 2.75) is 26.0 Å². The van der Waals surface area contributed by atoms with Gasteiger partial charge in [-0.05, 0) is 42.3 Å². The Morgan fingerprint density at radius 3 is 2.83 bits per heavy atom. The van der Waals surface area contributed by atoms with Crippen LogP contribution in [0.5, 0.6) is 5.75 Å². The molecule has 3 rings (SSSR count). The van der Waals surface area contributed by atoms with Gasteiger partial charge in [-0.3, -0.25) is 4.79 Å². The van der Waals surface area contributed by atoms with E-state index in [2.05, 4.69) is 0 Å². The van der Waals surface area contributed by atoms with Gasteiger partial charge in [-0.25, -0.2) is 0 Å². The Bertz CT molecular complexity index is 732. The summed E-state index contributed by atoms with van der Waals surface area (Å²) in [6.07, 6.45) is -0.383. The summed E-state index contributed by atoms with van der Waals surface area (Å²) in [5, 5.41) is 9.82. The molecule has 1 aliphatic heterocycles. The molecule has 1 heterocycles. The smallest absolute Gasteiger partial charge is 0.268 e. The number of ether oxygens (including phenoxy) is 1. The zero-order chi connectivity index (χ0) is 16.4. The monoisotopic (exact) mass is 331 g/mol. The van der Waals surface area contributed by atoms with Gasteiger partial charge in [-0.15, -0.1) is 0 Å². The average Bonchev–Trinajstić information content (AvgIpc) is 2.51. The van der Waals surface area contributed by atoms with E-state index < -0.39 is 6.10 Å². The van der Waals surface area contributed by atoms with Crippen LogP contribution in [-0.4, -0.2) is 23.7 Å². The van der Waals surface area contributed by atoms with Crippen molar-refractivity contribution in [1.29, 1.82) is 0 Å². The molecule has 0 bridgehead atoms. The molecule has 5 heteroatoms. The van der Waals surface area contributed by atoms with Crippen molar-refractivity contribution in [3.63, 3.8) is 0 Å². The molecule has 1 N–H and O–H groups in total. The highest BCUT2D eigenvalue weighted by molar-refractivity contribution is 6.30. The zero-order valence-corrected chi connectivity index (χ0v) is 13.6. The topological polar surface area (TPSA) is 49.8 Å². The maximum absolute atomic E-state index is 12.7. The van der Waals surface area contributed by atoms with Gasteiger partial charge in [0, 0.05) is 18.1 Å². The lowest BCUT2D eigenvalue weighted by atomic mass is 10.1. The number of hydrogen-bond acceptors (Lipinski definition) is 3. The second-order valence-electron chi connectivity index (χ2n) is 5.64. The van der Waals surface area contributed by atoms with E-state index >= 15 is 0 Å². The minimum Gasteiger partial charge on any atom is -0.478 e. The fourth-order valence-electron chi connectivity index (χ4n) is 2.72. The van der Waals surface area contributed by atoms with Gasteiger partial charge < -0.3 is 14.7 Å². The van der Waals surface area contributed by atoms with Gasteiger partial charge in [-0.1, -0.05) is 29.8 Å². The molecule has 0 saturated heterocycles. The number of carbonyl (C=O) groups excluding carboxylic acids is 1. The summed E-state index contributed by atoms with van der Waals surface area (Å²) < 4.78 is 5.78.